The summed E-state index contributed by atoms with van der Waals surface area (Å²) in [7, 11) is 0. The topological polar surface area (TPSA) is 49.9 Å². The summed E-state index contributed by atoms with van der Waals surface area (Å²) in [6.07, 6.45) is 1.72. The highest BCUT2D eigenvalue weighted by Gasteiger charge is 2.04. The number of aromatic amines is 1. The molecule has 96 valence electrons. The molecule has 0 fully saturated rings. The van der Waals surface area contributed by atoms with Gasteiger partial charge in [-0.3, -0.25) is 0 Å². The zero-order valence-electron chi connectivity index (χ0n) is 9.78. The summed E-state index contributed by atoms with van der Waals surface area (Å²) in [6, 6.07) is 6.44. The molecule has 4 nitrogen and oxygen atoms in total. The summed E-state index contributed by atoms with van der Waals surface area (Å²) in [5, 5.41) is 3.09. The summed E-state index contributed by atoms with van der Waals surface area (Å²) in [5.41, 5.74) is 1.63. The lowest BCUT2D eigenvalue weighted by Gasteiger charge is -2.08. The Bertz CT molecular complexity index is 514. The highest BCUT2D eigenvalue weighted by Crippen LogP contribution is 2.19. The highest BCUT2D eigenvalue weighted by molar-refractivity contribution is 5.48. The number of halogens is 2. The monoisotopic (exact) mass is 253 g/mol. The maximum atomic E-state index is 12.0. The number of rotatable bonds is 5. The van der Waals surface area contributed by atoms with Gasteiger partial charge in [0.2, 0.25) is 0 Å². The minimum atomic E-state index is -2.81. The SMILES string of the molecule is Cc1ncc(CNc2cccc(OC(F)F)c2)[nH]1. The third-order valence-electron chi connectivity index (χ3n) is 2.30. The number of anilines is 1. The van der Waals surface area contributed by atoms with E-state index in [1.165, 1.54) is 12.1 Å². The summed E-state index contributed by atoms with van der Waals surface area (Å²) in [6.45, 7) is -0.407. The summed E-state index contributed by atoms with van der Waals surface area (Å²) in [5.74, 6) is 0.970. The number of imidazole rings is 1. The molecule has 0 aliphatic heterocycles. The number of hydrogen-bond acceptors (Lipinski definition) is 3. The average molecular weight is 253 g/mol. The van der Waals surface area contributed by atoms with Crippen molar-refractivity contribution in [2.45, 2.75) is 20.1 Å². The predicted octanol–water partition coefficient (Wildman–Crippen LogP) is 2.93. The first-order valence-electron chi connectivity index (χ1n) is 5.43. The molecule has 1 heterocycles. The second-order valence-corrected chi connectivity index (χ2v) is 3.75. The summed E-state index contributed by atoms with van der Waals surface area (Å²) < 4.78 is 28.4. The lowest BCUT2D eigenvalue weighted by Crippen LogP contribution is -2.03. The van der Waals surface area contributed by atoms with E-state index in [1.54, 1.807) is 18.3 Å². The van der Waals surface area contributed by atoms with Crippen LogP contribution in [-0.2, 0) is 6.54 Å². The zero-order chi connectivity index (χ0) is 13.0. The van der Waals surface area contributed by atoms with Crippen LogP contribution in [0.2, 0.25) is 0 Å². The van der Waals surface area contributed by atoms with Gasteiger partial charge in [-0.15, -0.1) is 0 Å². The average Bonchev–Trinajstić information content (AvgIpc) is 2.72. The molecule has 0 atom stereocenters. The first-order valence-corrected chi connectivity index (χ1v) is 5.43. The van der Waals surface area contributed by atoms with Crippen molar-refractivity contribution in [3.8, 4) is 5.75 Å². The van der Waals surface area contributed by atoms with Crippen molar-refractivity contribution in [1.82, 2.24) is 9.97 Å². The van der Waals surface area contributed by atoms with Crippen LogP contribution in [0.15, 0.2) is 30.5 Å². The van der Waals surface area contributed by atoms with Gasteiger partial charge in [-0.2, -0.15) is 8.78 Å². The van der Waals surface area contributed by atoms with Crippen LogP contribution in [0.4, 0.5) is 14.5 Å². The Morgan fingerprint density at radius 1 is 1.44 bits per heavy atom. The zero-order valence-corrected chi connectivity index (χ0v) is 9.78. The third-order valence-corrected chi connectivity index (χ3v) is 2.30. The quantitative estimate of drug-likeness (QED) is 0.861. The molecule has 0 saturated heterocycles. The molecular weight excluding hydrogens is 240 g/mol. The molecule has 0 unspecified atom stereocenters. The largest absolute Gasteiger partial charge is 0.435 e. The van der Waals surface area contributed by atoms with Gasteiger partial charge in [0.15, 0.2) is 0 Å². The van der Waals surface area contributed by atoms with Gasteiger partial charge in [0.05, 0.1) is 18.4 Å². The maximum Gasteiger partial charge on any atom is 0.387 e. The molecule has 2 aromatic rings. The van der Waals surface area contributed by atoms with Crippen LogP contribution >= 0.6 is 0 Å². The van der Waals surface area contributed by atoms with E-state index in [2.05, 4.69) is 20.0 Å². The fourth-order valence-electron chi connectivity index (χ4n) is 1.54. The first kappa shape index (κ1) is 12.3. The number of alkyl halides is 2. The van der Waals surface area contributed by atoms with Gasteiger partial charge in [-0.1, -0.05) is 6.07 Å². The predicted molar refractivity (Wildman–Crippen MR) is 63.7 cm³/mol. The molecule has 0 aliphatic carbocycles. The Balaban J connectivity index is 1.96. The number of aryl methyl sites for hydroxylation is 1. The van der Waals surface area contributed by atoms with Gasteiger partial charge in [0.1, 0.15) is 11.6 Å². The second-order valence-electron chi connectivity index (χ2n) is 3.75. The Morgan fingerprint density at radius 2 is 2.28 bits per heavy atom. The van der Waals surface area contributed by atoms with Crippen LogP contribution < -0.4 is 10.1 Å². The number of benzene rings is 1. The molecule has 2 N–H and O–H groups in total. The maximum absolute atomic E-state index is 12.0. The molecule has 0 spiro atoms. The molecule has 0 aliphatic rings. The van der Waals surface area contributed by atoms with Crippen molar-refractivity contribution in [1.29, 1.82) is 0 Å². The highest BCUT2D eigenvalue weighted by atomic mass is 19.3. The number of ether oxygens (including phenoxy) is 1. The first-order chi connectivity index (χ1) is 8.63. The Labute approximate surface area is 103 Å². The fraction of sp³-hybridized carbons (Fsp3) is 0.250. The van der Waals surface area contributed by atoms with Crippen LogP contribution in [0.1, 0.15) is 11.5 Å². The molecule has 0 saturated carbocycles. The summed E-state index contributed by atoms with van der Waals surface area (Å²) in [4.78, 5) is 7.13. The van der Waals surface area contributed by atoms with E-state index >= 15 is 0 Å². The number of nitrogens with zero attached hydrogens (tertiary/aromatic N) is 1. The van der Waals surface area contributed by atoms with E-state index in [9.17, 15) is 8.78 Å². The van der Waals surface area contributed by atoms with Crippen LogP contribution in [0.3, 0.4) is 0 Å². The Morgan fingerprint density at radius 3 is 2.94 bits per heavy atom. The van der Waals surface area contributed by atoms with E-state index in [-0.39, 0.29) is 5.75 Å². The lowest BCUT2D eigenvalue weighted by atomic mass is 10.3. The summed E-state index contributed by atoms with van der Waals surface area (Å²) >= 11 is 0. The van der Waals surface area contributed by atoms with Crippen molar-refractivity contribution in [2.75, 3.05) is 5.32 Å². The normalized spacial score (nSPS) is 10.7. The molecule has 0 bridgehead atoms. The number of H-pyrrole nitrogens is 1. The molecular formula is C12H13F2N3O. The van der Waals surface area contributed by atoms with Crippen molar-refractivity contribution in [3.05, 3.63) is 42.0 Å². The van der Waals surface area contributed by atoms with E-state index in [4.69, 9.17) is 0 Å². The lowest BCUT2D eigenvalue weighted by molar-refractivity contribution is -0.0498. The number of nitrogens with one attached hydrogen (secondary N) is 2. The minimum absolute atomic E-state index is 0.135. The Kier molecular flexibility index (Phi) is 3.76. The van der Waals surface area contributed by atoms with Gasteiger partial charge in [-0.05, 0) is 19.1 Å². The fourth-order valence-corrected chi connectivity index (χ4v) is 1.54. The van der Waals surface area contributed by atoms with Crippen molar-refractivity contribution in [3.63, 3.8) is 0 Å². The van der Waals surface area contributed by atoms with E-state index in [1.807, 2.05) is 6.92 Å². The molecule has 0 amide bonds. The Hall–Kier alpha value is -2.11. The van der Waals surface area contributed by atoms with Gasteiger partial charge >= 0.3 is 6.61 Å². The molecule has 1 aromatic carbocycles. The van der Waals surface area contributed by atoms with Gasteiger partial charge in [-0.25, -0.2) is 4.98 Å². The van der Waals surface area contributed by atoms with E-state index in [0.717, 1.165) is 11.5 Å². The second kappa shape index (κ2) is 5.48. The van der Waals surface area contributed by atoms with Gasteiger partial charge in [0.25, 0.3) is 0 Å². The van der Waals surface area contributed by atoms with Gasteiger partial charge in [0, 0.05) is 11.8 Å². The smallest absolute Gasteiger partial charge is 0.387 e. The van der Waals surface area contributed by atoms with Crippen LogP contribution in [-0.4, -0.2) is 16.6 Å². The molecule has 6 heteroatoms. The van der Waals surface area contributed by atoms with E-state index < -0.39 is 6.61 Å². The van der Waals surface area contributed by atoms with Crippen molar-refractivity contribution < 1.29 is 13.5 Å². The standard InChI is InChI=1S/C12H13F2N3O/c1-8-15-6-10(17-8)7-16-9-3-2-4-11(5-9)18-12(13)14/h2-6,12,16H,7H2,1H3,(H,15,17). The molecule has 1 aromatic heterocycles. The van der Waals surface area contributed by atoms with E-state index in [0.29, 0.717) is 12.2 Å². The van der Waals surface area contributed by atoms with Crippen molar-refractivity contribution in [2.24, 2.45) is 0 Å². The minimum Gasteiger partial charge on any atom is -0.435 e. The van der Waals surface area contributed by atoms with Crippen LogP contribution in [0, 0.1) is 6.92 Å². The van der Waals surface area contributed by atoms with Crippen LogP contribution in [0.25, 0.3) is 0 Å². The van der Waals surface area contributed by atoms with Crippen molar-refractivity contribution >= 4 is 5.69 Å². The van der Waals surface area contributed by atoms with Crippen LogP contribution in [0.5, 0.6) is 5.75 Å². The number of aromatic nitrogens is 2. The molecule has 0 radical (unpaired) electrons. The van der Waals surface area contributed by atoms with Gasteiger partial charge < -0.3 is 15.0 Å². The number of hydrogen-bond donors (Lipinski definition) is 2. The third kappa shape index (κ3) is 3.44. The molecule has 18 heavy (non-hydrogen) atoms. The molecule has 2 rings (SSSR count).